The Kier molecular flexibility index (Phi) is 7.59. The molecule has 3 rings (SSSR count). The van der Waals surface area contributed by atoms with Crippen molar-refractivity contribution in [1.29, 1.82) is 0 Å². The minimum absolute atomic E-state index is 0.278. The fourth-order valence-corrected chi connectivity index (χ4v) is 3.42. The Bertz CT molecular complexity index is 1070. The number of aliphatic carboxylic acids is 1. The lowest BCUT2D eigenvalue weighted by Gasteiger charge is -2.31. The van der Waals surface area contributed by atoms with Crippen LogP contribution in [0.1, 0.15) is 23.6 Å². The Morgan fingerprint density at radius 2 is 1.56 bits per heavy atom. The molecule has 0 saturated heterocycles. The first kappa shape index (κ1) is 22.6. The van der Waals surface area contributed by atoms with Crippen molar-refractivity contribution in [3.63, 3.8) is 0 Å². The first-order valence-electron chi connectivity index (χ1n) is 10.2. The summed E-state index contributed by atoms with van der Waals surface area (Å²) in [6.07, 6.45) is -0.278. The number of hydrogen-bond acceptors (Lipinski definition) is 3. The van der Waals surface area contributed by atoms with Crippen molar-refractivity contribution in [2.45, 2.75) is 19.4 Å². The Hall–Kier alpha value is -4.13. The van der Waals surface area contributed by atoms with E-state index in [9.17, 15) is 19.5 Å². The van der Waals surface area contributed by atoms with Gasteiger partial charge in [0.25, 0.3) is 0 Å². The van der Waals surface area contributed by atoms with Gasteiger partial charge in [0.15, 0.2) is 0 Å². The Morgan fingerprint density at radius 1 is 0.906 bits per heavy atom. The third-order valence-corrected chi connectivity index (χ3v) is 4.84. The predicted octanol–water partition coefficient (Wildman–Crippen LogP) is 4.37. The van der Waals surface area contributed by atoms with Gasteiger partial charge in [-0.1, -0.05) is 60.7 Å². The molecule has 0 aromatic heterocycles. The van der Waals surface area contributed by atoms with E-state index in [-0.39, 0.29) is 13.0 Å². The van der Waals surface area contributed by atoms with Crippen LogP contribution in [0.15, 0.2) is 84.9 Å². The zero-order valence-corrected chi connectivity index (χ0v) is 17.7. The van der Waals surface area contributed by atoms with E-state index in [0.717, 1.165) is 5.56 Å². The summed E-state index contributed by atoms with van der Waals surface area (Å²) in [6.45, 7) is 1.62. The lowest BCUT2D eigenvalue weighted by Crippen LogP contribution is -2.44. The molecule has 7 heteroatoms. The molecule has 0 aliphatic carbocycles. The zero-order valence-electron chi connectivity index (χ0n) is 17.7. The highest BCUT2D eigenvalue weighted by Gasteiger charge is 2.29. The van der Waals surface area contributed by atoms with Crippen LogP contribution < -0.4 is 15.5 Å². The molecule has 0 bridgehead atoms. The maximum Gasteiger partial charge on any atom is 0.319 e. The molecule has 3 amide bonds. The second-order valence-electron chi connectivity index (χ2n) is 7.30. The number of carbonyl (C=O) groups excluding carboxylic acids is 2. The van der Waals surface area contributed by atoms with Gasteiger partial charge in [0.1, 0.15) is 0 Å². The number of aryl methyl sites for hydroxylation is 1. The topological polar surface area (TPSA) is 98.7 Å². The first-order valence-corrected chi connectivity index (χ1v) is 10.2. The first-order chi connectivity index (χ1) is 15.4. The number of rotatable bonds is 8. The van der Waals surface area contributed by atoms with E-state index in [1.54, 1.807) is 54.6 Å². The number of nitrogens with zero attached hydrogens (tertiary/aromatic N) is 1. The third-order valence-electron chi connectivity index (χ3n) is 4.84. The molecule has 0 aliphatic rings. The molecule has 0 aliphatic heterocycles. The van der Waals surface area contributed by atoms with Crippen molar-refractivity contribution in [2.24, 2.45) is 0 Å². The summed E-state index contributed by atoms with van der Waals surface area (Å²) < 4.78 is 0. The minimum atomic E-state index is -1.03. The fourth-order valence-electron chi connectivity index (χ4n) is 3.42. The molecule has 3 aromatic carbocycles. The summed E-state index contributed by atoms with van der Waals surface area (Å²) in [5.41, 5.74) is 2.85. The molecule has 1 atom stereocenters. The number of carboxylic acid groups (broad SMARTS) is 1. The van der Waals surface area contributed by atoms with Gasteiger partial charge in [0.2, 0.25) is 5.91 Å². The van der Waals surface area contributed by atoms with Gasteiger partial charge in [-0.15, -0.1) is 0 Å². The molecule has 3 aromatic rings. The highest BCUT2D eigenvalue weighted by Crippen LogP contribution is 2.30. The highest BCUT2D eigenvalue weighted by molar-refractivity contribution is 5.99. The number of anilines is 2. The molecule has 3 N–H and O–H groups in total. The molecule has 164 valence electrons. The average Bonchev–Trinajstić information content (AvgIpc) is 2.78. The van der Waals surface area contributed by atoms with Crippen LogP contribution in [0.3, 0.4) is 0 Å². The van der Waals surface area contributed by atoms with E-state index < -0.39 is 23.9 Å². The van der Waals surface area contributed by atoms with Crippen molar-refractivity contribution in [3.05, 3.63) is 96.1 Å². The number of urea groups is 1. The van der Waals surface area contributed by atoms with Crippen LogP contribution in [0.2, 0.25) is 0 Å². The molecular formula is C25H25N3O4. The summed E-state index contributed by atoms with van der Waals surface area (Å²) in [6, 6.07) is 23.9. The van der Waals surface area contributed by atoms with Crippen LogP contribution in [0.4, 0.5) is 16.2 Å². The van der Waals surface area contributed by atoms with Crippen molar-refractivity contribution in [3.8, 4) is 0 Å². The minimum Gasteiger partial charge on any atom is -0.481 e. The monoisotopic (exact) mass is 431 g/mol. The van der Waals surface area contributed by atoms with Crippen LogP contribution in [-0.4, -0.2) is 29.6 Å². The normalized spacial score (nSPS) is 11.3. The maximum atomic E-state index is 13.2. The number of hydrogen-bond donors (Lipinski definition) is 3. The average molecular weight is 431 g/mol. The molecule has 1 unspecified atom stereocenters. The van der Waals surface area contributed by atoms with Crippen molar-refractivity contribution in [1.82, 2.24) is 5.32 Å². The van der Waals surface area contributed by atoms with Crippen LogP contribution >= 0.6 is 0 Å². The Labute approximate surface area is 186 Å². The van der Waals surface area contributed by atoms with Crippen molar-refractivity contribution in [2.75, 3.05) is 16.8 Å². The third kappa shape index (κ3) is 6.18. The van der Waals surface area contributed by atoms with E-state index in [1.165, 1.54) is 4.90 Å². The Balaban J connectivity index is 1.81. The SMILES string of the molecule is Cc1cccc(NC(=O)NCC(=O)N(c2ccccc2)C(CC(=O)O)c2ccccc2)c1. The van der Waals surface area contributed by atoms with Gasteiger partial charge in [-0.2, -0.15) is 0 Å². The second-order valence-corrected chi connectivity index (χ2v) is 7.30. The van der Waals surface area contributed by atoms with Crippen LogP contribution in [0.25, 0.3) is 0 Å². The summed E-state index contributed by atoms with van der Waals surface area (Å²) in [4.78, 5) is 38.6. The van der Waals surface area contributed by atoms with Gasteiger partial charge in [0.05, 0.1) is 19.0 Å². The van der Waals surface area contributed by atoms with Gasteiger partial charge in [0, 0.05) is 11.4 Å². The van der Waals surface area contributed by atoms with Gasteiger partial charge >= 0.3 is 12.0 Å². The Morgan fingerprint density at radius 3 is 2.19 bits per heavy atom. The summed E-state index contributed by atoms with van der Waals surface area (Å²) in [5, 5.41) is 14.8. The van der Waals surface area contributed by atoms with Gasteiger partial charge in [-0.3, -0.25) is 9.59 Å². The predicted molar refractivity (Wildman–Crippen MR) is 124 cm³/mol. The van der Waals surface area contributed by atoms with Gasteiger partial charge in [-0.25, -0.2) is 4.79 Å². The number of carboxylic acids is 1. The summed E-state index contributed by atoms with van der Waals surface area (Å²) in [5.74, 6) is -1.46. The molecule has 32 heavy (non-hydrogen) atoms. The molecule has 0 heterocycles. The van der Waals surface area contributed by atoms with Gasteiger partial charge in [-0.05, 0) is 42.3 Å². The molecule has 0 spiro atoms. The summed E-state index contributed by atoms with van der Waals surface area (Å²) in [7, 11) is 0. The molecular weight excluding hydrogens is 406 g/mol. The largest absolute Gasteiger partial charge is 0.481 e. The van der Waals surface area contributed by atoms with E-state index in [0.29, 0.717) is 16.9 Å². The number of amides is 3. The fraction of sp³-hybridized carbons (Fsp3) is 0.160. The maximum absolute atomic E-state index is 13.2. The number of carbonyl (C=O) groups is 3. The standard InChI is InChI=1S/C25H25N3O4/c1-18-9-8-12-20(15-18)27-25(32)26-17-23(29)28(21-13-6-3-7-14-21)22(16-24(30)31)19-10-4-2-5-11-19/h2-15,22H,16-17H2,1H3,(H,30,31)(H2,26,27,32). The van der Waals surface area contributed by atoms with Crippen LogP contribution in [0, 0.1) is 6.92 Å². The van der Waals surface area contributed by atoms with Crippen LogP contribution in [0.5, 0.6) is 0 Å². The summed E-state index contributed by atoms with van der Waals surface area (Å²) >= 11 is 0. The smallest absolute Gasteiger partial charge is 0.319 e. The van der Waals surface area contributed by atoms with Crippen molar-refractivity contribution >= 4 is 29.3 Å². The quantitative estimate of drug-likeness (QED) is 0.493. The molecule has 7 nitrogen and oxygen atoms in total. The number of para-hydroxylation sites is 1. The molecule has 0 saturated carbocycles. The van der Waals surface area contributed by atoms with Crippen LogP contribution in [-0.2, 0) is 9.59 Å². The molecule has 0 fully saturated rings. The highest BCUT2D eigenvalue weighted by atomic mass is 16.4. The van der Waals surface area contributed by atoms with E-state index in [2.05, 4.69) is 10.6 Å². The van der Waals surface area contributed by atoms with E-state index in [4.69, 9.17) is 0 Å². The number of nitrogens with one attached hydrogen (secondary N) is 2. The van der Waals surface area contributed by atoms with Gasteiger partial charge < -0.3 is 20.6 Å². The van der Waals surface area contributed by atoms with E-state index in [1.807, 2.05) is 37.3 Å². The zero-order chi connectivity index (χ0) is 22.9. The lowest BCUT2D eigenvalue weighted by atomic mass is 10.0. The molecule has 0 radical (unpaired) electrons. The number of benzene rings is 3. The van der Waals surface area contributed by atoms with Crippen molar-refractivity contribution < 1.29 is 19.5 Å². The van der Waals surface area contributed by atoms with E-state index >= 15 is 0 Å². The second kappa shape index (κ2) is 10.8. The lowest BCUT2D eigenvalue weighted by molar-refractivity contribution is -0.137.